The number of halogens is 1. The number of nitrogens with one attached hydrogen (secondary N) is 1. The Hall–Kier alpha value is -1.36. The molecule has 106 valence electrons. The van der Waals surface area contributed by atoms with Gasteiger partial charge in [-0.2, -0.15) is 0 Å². The molecule has 3 nitrogen and oxygen atoms in total. The predicted molar refractivity (Wildman–Crippen MR) is 82.2 cm³/mol. The van der Waals surface area contributed by atoms with E-state index in [4.69, 9.17) is 11.6 Å². The van der Waals surface area contributed by atoms with Crippen molar-refractivity contribution in [2.75, 3.05) is 6.61 Å². The maximum Gasteiger partial charge on any atom is 0.228 e. The number of aliphatic hydroxyl groups excluding tert-OH is 1. The number of carbonyl (C=O) groups is 1. The molecule has 0 aliphatic heterocycles. The van der Waals surface area contributed by atoms with Gasteiger partial charge >= 0.3 is 0 Å². The number of amides is 1. The minimum absolute atomic E-state index is 0.119. The van der Waals surface area contributed by atoms with Gasteiger partial charge in [0.1, 0.15) is 0 Å². The monoisotopic (exact) mass is 309 g/mol. The SMILES string of the molecule is CC(C(=O)NC(CO)c1ccccc1)c1ccc(Cl)s1. The Bertz CT molecular complexity index is 570. The first-order valence-corrected chi connectivity index (χ1v) is 7.52. The normalized spacial score (nSPS) is 13.8. The summed E-state index contributed by atoms with van der Waals surface area (Å²) in [6, 6.07) is 12.7. The van der Waals surface area contributed by atoms with Crippen molar-refractivity contribution in [3.63, 3.8) is 0 Å². The highest BCUT2D eigenvalue weighted by molar-refractivity contribution is 7.16. The predicted octanol–water partition coefficient (Wildman–Crippen LogP) is 3.35. The topological polar surface area (TPSA) is 49.3 Å². The molecule has 0 saturated heterocycles. The molecular weight excluding hydrogens is 294 g/mol. The van der Waals surface area contributed by atoms with Crippen LogP contribution in [0.25, 0.3) is 0 Å². The minimum atomic E-state index is -0.387. The van der Waals surface area contributed by atoms with Gasteiger partial charge in [0.05, 0.1) is 22.9 Å². The molecule has 2 N–H and O–H groups in total. The lowest BCUT2D eigenvalue weighted by atomic mass is 10.1. The van der Waals surface area contributed by atoms with Crippen molar-refractivity contribution in [2.24, 2.45) is 0 Å². The van der Waals surface area contributed by atoms with Crippen molar-refractivity contribution in [2.45, 2.75) is 18.9 Å². The molecule has 1 aromatic heterocycles. The van der Waals surface area contributed by atoms with Gasteiger partial charge in [0.15, 0.2) is 0 Å². The Kier molecular flexibility index (Phi) is 5.17. The van der Waals surface area contributed by atoms with Gasteiger partial charge in [0.2, 0.25) is 5.91 Å². The van der Waals surface area contributed by atoms with Crippen molar-refractivity contribution < 1.29 is 9.90 Å². The van der Waals surface area contributed by atoms with E-state index >= 15 is 0 Å². The first kappa shape index (κ1) is 15.0. The summed E-state index contributed by atoms with van der Waals surface area (Å²) in [5.74, 6) is -0.406. The second-order valence-electron chi connectivity index (χ2n) is 4.52. The van der Waals surface area contributed by atoms with Crippen LogP contribution in [-0.4, -0.2) is 17.6 Å². The Morgan fingerprint density at radius 3 is 2.55 bits per heavy atom. The number of benzene rings is 1. The van der Waals surface area contributed by atoms with Crippen molar-refractivity contribution in [1.82, 2.24) is 5.32 Å². The number of hydrogen-bond acceptors (Lipinski definition) is 3. The summed E-state index contributed by atoms with van der Waals surface area (Å²) in [6.45, 7) is 1.70. The van der Waals surface area contributed by atoms with E-state index in [1.807, 2.05) is 43.3 Å². The fraction of sp³-hybridized carbons (Fsp3) is 0.267. The first-order valence-electron chi connectivity index (χ1n) is 6.33. The molecule has 0 fully saturated rings. The fourth-order valence-electron chi connectivity index (χ4n) is 1.91. The van der Waals surface area contributed by atoms with Gasteiger partial charge in [-0.3, -0.25) is 4.79 Å². The third-order valence-electron chi connectivity index (χ3n) is 3.12. The van der Waals surface area contributed by atoms with Crippen LogP contribution >= 0.6 is 22.9 Å². The maximum atomic E-state index is 12.2. The van der Waals surface area contributed by atoms with E-state index in [2.05, 4.69) is 5.32 Å². The Morgan fingerprint density at radius 2 is 2.00 bits per heavy atom. The zero-order valence-electron chi connectivity index (χ0n) is 11.0. The minimum Gasteiger partial charge on any atom is -0.394 e. The summed E-state index contributed by atoms with van der Waals surface area (Å²) in [7, 11) is 0. The third-order valence-corrected chi connectivity index (χ3v) is 4.53. The summed E-state index contributed by atoms with van der Waals surface area (Å²) < 4.78 is 0.668. The van der Waals surface area contributed by atoms with Crippen LogP contribution in [0.15, 0.2) is 42.5 Å². The molecule has 0 spiro atoms. The fourth-order valence-corrected chi connectivity index (χ4v) is 3.02. The lowest BCUT2D eigenvalue weighted by Crippen LogP contribution is -2.33. The second-order valence-corrected chi connectivity index (χ2v) is 6.26. The molecule has 2 aromatic rings. The van der Waals surface area contributed by atoms with Gasteiger partial charge in [-0.05, 0) is 24.6 Å². The molecule has 0 saturated carbocycles. The van der Waals surface area contributed by atoms with E-state index in [0.29, 0.717) is 4.34 Å². The summed E-state index contributed by atoms with van der Waals surface area (Å²) in [5.41, 5.74) is 0.889. The van der Waals surface area contributed by atoms with E-state index in [1.54, 1.807) is 6.07 Å². The van der Waals surface area contributed by atoms with Crippen LogP contribution in [0.2, 0.25) is 4.34 Å². The van der Waals surface area contributed by atoms with Gasteiger partial charge in [-0.15, -0.1) is 11.3 Å². The number of hydrogen-bond donors (Lipinski definition) is 2. The number of aliphatic hydroxyl groups is 1. The van der Waals surface area contributed by atoms with Crippen molar-refractivity contribution in [3.05, 3.63) is 57.2 Å². The van der Waals surface area contributed by atoms with Crippen molar-refractivity contribution >= 4 is 28.8 Å². The van der Waals surface area contributed by atoms with E-state index in [-0.39, 0.29) is 24.5 Å². The zero-order valence-corrected chi connectivity index (χ0v) is 12.6. The quantitative estimate of drug-likeness (QED) is 0.890. The molecular formula is C15H16ClNO2S. The van der Waals surface area contributed by atoms with Crippen LogP contribution in [0.5, 0.6) is 0 Å². The maximum absolute atomic E-state index is 12.2. The molecule has 1 heterocycles. The van der Waals surface area contributed by atoms with Gasteiger partial charge in [0.25, 0.3) is 0 Å². The summed E-state index contributed by atoms with van der Waals surface area (Å²) in [4.78, 5) is 13.2. The van der Waals surface area contributed by atoms with Crippen molar-refractivity contribution in [3.8, 4) is 0 Å². The number of rotatable bonds is 5. The molecule has 2 atom stereocenters. The van der Waals surface area contributed by atoms with Gasteiger partial charge in [-0.25, -0.2) is 0 Å². The summed E-state index contributed by atoms with van der Waals surface area (Å²) in [5, 5.41) is 12.3. The molecule has 1 aromatic carbocycles. The number of carbonyl (C=O) groups excluding carboxylic acids is 1. The van der Waals surface area contributed by atoms with E-state index in [1.165, 1.54) is 11.3 Å². The molecule has 0 bridgehead atoms. The van der Waals surface area contributed by atoms with Gasteiger partial charge in [-0.1, -0.05) is 41.9 Å². The van der Waals surface area contributed by atoms with Crippen LogP contribution in [-0.2, 0) is 4.79 Å². The van der Waals surface area contributed by atoms with E-state index < -0.39 is 0 Å². The lowest BCUT2D eigenvalue weighted by Gasteiger charge is -2.19. The summed E-state index contributed by atoms with van der Waals surface area (Å²) >= 11 is 7.28. The largest absolute Gasteiger partial charge is 0.394 e. The van der Waals surface area contributed by atoms with Crippen LogP contribution in [0.4, 0.5) is 0 Å². The van der Waals surface area contributed by atoms with Crippen LogP contribution in [0.3, 0.4) is 0 Å². The van der Waals surface area contributed by atoms with E-state index in [0.717, 1.165) is 10.4 Å². The molecule has 0 aliphatic carbocycles. The lowest BCUT2D eigenvalue weighted by molar-refractivity contribution is -0.123. The highest BCUT2D eigenvalue weighted by Gasteiger charge is 2.20. The van der Waals surface area contributed by atoms with Crippen LogP contribution in [0.1, 0.15) is 29.3 Å². The molecule has 1 amide bonds. The second kappa shape index (κ2) is 6.88. The first-order chi connectivity index (χ1) is 9.61. The van der Waals surface area contributed by atoms with Crippen LogP contribution < -0.4 is 5.32 Å². The van der Waals surface area contributed by atoms with E-state index in [9.17, 15) is 9.90 Å². The Balaban J connectivity index is 2.06. The number of thiophene rings is 1. The molecule has 5 heteroatoms. The smallest absolute Gasteiger partial charge is 0.228 e. The Morgan fingerprint density at radius 1 is 1.30 bits per heavy atom. The Labute approximate surface area is 127 Å². The van der Waals surface area contributed by atoms with Crippen molar-refractivity contribution in [1.29, 1.82) is 0 Å². The molecule has 2 rings (SSSR count). The third kappa shape index (κ3) is 3.60. The standard InChI is InChI=1S/C15H16ClNO2S/c1-10(13-7-8-14(16)20-13)15(19)17-12(9-18)11-5-3-2-4-6-11/h2-8,10,12,18H,9H2,1H3,(H,17,19). The summed E-state index contributed by atoms with van der Waals surface area (Å²) in [6.07, 6.45) is 0. The molecule has 20 heavy (non-hydrogen) atoms. The van der Waals surface area contributed by atoms with Crippen LogP contribution in [0, 0.1) is 0 Å². The molecule has 0 aliphatic rings. The van der Waals surface area contributed by atoms with Gasteiger partial charge < -0.3 is 10.4 Å². The average molecular weight is 310 g/mol. The highest BCUT2D eigenvalue weighted by atomic mass is 35.5. The zero-order chi connectivity index (χ0) is 14.5. The molecule has 2 unspecified atom stereocenters. The average Bonchev–Trinajstić information content (AvgIpc) is 2.91. The van der Waals surface area contributed by atoms with Gasteiger partial charge in [0, 0.05) is 4.88 Å². The molecule has 0 radical (unpaired) electrons. The highest BCUT2D eigenvalue weighted by Crippen LogP contribution is 2.28.